The maximum atomic E-state index is 12.4. The van der Waals surface area contributed by atoms with E-state index in [1.54, 1.807) is 0 Å². The highest BCUT2D eigenvalue weighted by Gasteiger charge is 2.44. The average Bonchev–Trinajstić information content (AvgIpc) is 2.44. The van der Waals surface area contributed by atoms with Crippen molar-refractivity contribution in [2.45, 2.75) is 39.0 Å². The van der Waals surface area contributed by atoms with Crippen LogP contribution in [0, 0.1) is 5.41 Å². The van der Waals surface area contributed by atoms with Crippen LogP contribution in [0.5, 0.6) is 0 Å². The molecule has 1 saturated heterocycles. The molecule has 0 aromatic heterocycles. The number of nitrogens with zero attached hydrogens (tertiary/aromatic N) is 1. The molecular weight excluding hydrogens is 224 g/mol. The summed E-state index contributed by atoms with van der Waals surface area (Å²) in [5.41, 5.74) is 0.0321. The third kappa shape index (κ3) is 2.51. The van der Waals surface area contributed by atoms with Crippen LogP contribution in [0.3, 0.4) is 0 Å². The Hall–Kier alpha value is -0.280. The van der Waals surface area contributed by atoms with Crippen molar-refractivity contribution in [3.63, 3.8) is 0 Å². The first-order valence-corrected chi connectivity index (χ1v) is 6.29. The van der Waals surface area contributed by atoms with Crippen molar-refractivity contribution in [3.8, 4) is 0 Å². The maximum Gasteiger partial charge on any atom is 0.228 e. The summed E-state index contributed by atoms with van der Waals surface area (Å²) in [6.45, 7) is 6.04. The summed E-state index contributed by atoms with van der Waals surface area (Å²) < 4.78 is 0. The van der Waals surface area contributed by atoms with Gasteiger partial charge in [0, 0.05) is 25.0 Å². The molecule has 0 spiro atoms. The van der Waals surface area contributed by atoms with Gasteiger partial charge in [0.05, 0.1) is 0 Å². The molecule has 0 unspecified atom stereocenters. The van der Waals surface area contributed by atoms with Gasteiger partial charge in [-0.15, -0.1) is 12.4 Å². The first kappa shape index (κ1) is 13.8. The average molecular weight is 247 g/mol. The summed E-state index contributed by atoms with van der Waals surface area (Å²) >= 11 is 0. The molecule has 94 valence electrons. The summed E-state index contributed by atoms with van der Waals surface area (Å²) in [5, 5.41) is 3.34. The van der Waals surface area contributed by atoms with Crippen molar-refractivity contribution >= 4 is 18.3 Å². The van der Waals surface area contributed by atoms with Crippen LogP contribution in [0.2, 0.25) is 0 Å². The monoisotopic (exact) mass is 246 g/mol. The Morgan fingerprint density at radius 1 is 1.25 bits per heavy atom. The van der Waals surface area contributed by atoms with Gasteiger partial charge in [0.15, 0.2) is 0 Å². The zero-order valence-corrected chi connectivity index (χ0v) is 10.9. The molecule has 1 aliphatic carbocycles. The number of hydrogen-bond acceptors (Lipinski definition) is 2. The van der Waals surface area contributed by atoms with Gasteiger partial charge in [-0.3, -0.25) is 4.79 Å². The molecule has 2 aliphatic rings. The van der Waals surface area contributed by atoms with Crippen LogP contribution in [-0.2, 0) is 4.79 Å². The van der Waals surface area contributed by atoms with Gasteiger partial charge in [-0.1, -0.05) is 13.3 Å². The van der Waals surface area contributed by atoms with Crippen LogP contribution < -0.4 is 5.32 Å². The van der Waals surface area contributed by atoms with Crippen LogP contribution in [0.4, 0.5) is 0 Å². The number of amides is 1. The van der Waals surface area contributed by atoms with Gasteiger partial charge in [-0.25, -0.2) is 0 Å². The third-order valence-electron chi connectivity index (χ3n) is 4.07. The van der Waals surface area contributed by atoms with E-state index in [2.05, 4.69) is 17.1 Å². The molecule has 4 heteroatoms. The van der Waals surface area contributed by atoms with Gasteiger partial charge in [0.25, 0.3) is 0 Å². The lowest BCUT2D eigenvalue weighted by Crippen LogP contribution is -2.48. The summed E-state index contributed by atoms with van der Waals surface area (Å²) in [4.78, 5) is 14.5. The lowest BCUT2D eigenvalue weighted by molar-refractivity contribution is -0.147. The lowest BCUT2D eigenvalue weighted by atomic mass is 9.66. The van der Waals surface area contributed by atoms with Gasteiger partial charge in [-0.05, 0) is 32.2 Å². The van der Waals surface area contributed by atoms with E-state index in [-0.39, 0.29) is 17.8 Å². The molecule has 2 fully saturated rings. The fourth-order valence-corrected chi connectivity index (χ4v) is 2.71. The van der Waals surface area contributed by atoms with Gasteiger partial charge in [0.2, 0.25) is 5.91 Å². The molecule has 0 aromatic carbocycles. The first-order valence-electron chi connectivity index (χ1n) is 6.29. The van der Waals surface area contributed by atoms with Gasteiger partial charge in [0.1, 0.15) is 0 Å². The van der Waals surface area contributed by atoms with E-state index in [0.717, 1.165) is 51.9 Å². The van der Waals surface area contributed by atoms with E-state index in [9.17, 15) is 4.79 Å². The number of carbonyl (C=O) groups is 1. The quantitative estimate of drug-likeness (QED) is 0.806. The summed E-state index contributed by atoms with van der Waals surface area (Å²) in [6, 6.07) is 0. The number of rotatable bonds is 2. The van der Waals surface area contributed by atoms with E-state index in [1.807, 2.05) is 0 Å². The van der Waals surface area contributed by atoms with E-state index in [4.69, 9.17) is 0 Å². The maximum absolute atomic E-state index is 12.4. The van der Waals surface area contributed by atoms with Gasteiger partial charge >= 0.3 is 0 Å². The zero-order valence-electron chi connectivity index (χ0n) is 10.1. The van der Waals surface area contributed by atoms with Crippen molar-refractivity contribution in [2.24, 2.45) is 5.41 Å². The second kappa shape index (κ2) is 5.87. The standard InChI is InChI=1S/C12H22N2O.ClH/c1-2-12(5-3-6-12)11(15)14-9-4-7-13-8-10-14;/h13H,2-10H2,1H3;1H. The molecule has 3 nitrogen and oxygen atoms in total. The number of nitrogens with one attached hydrogen (secondary N) is 1. The predicted octanol–water partition coefficient (Wildman–Crippen LogP) is 1.81. The highest BCUT2D eigenvalue weighted by molar-refractivity contribution is 5.85. The minimum atomic E-state index is 0. The highest BCUT2D eigenvalue weighted by Crippen LogP contribution is 2.45. The minimum absolute atomic E-state index is 0. The Balaban J connectivity index is 0.00000128. The number of carbonyl (C=O) groups excluding carboxylic acids is 1. The Labute approximate surface area is 104 Å². The second-order valence-corrected chi connectivity index (χ2v) is 4.88. The molecule has 0 bridgehead atoms. The van der Waals surface area contributed by atoms with Gasteiger partial charge < -0.3 is 10.2 Å². The van der Waals surface area contributed by atoms with Crippen molar-refractivity contribution < 1.29 is 4.79 Å². The predicted molar refractivity (Wildman–Crippen MR) is 67.9 cm³/mol. The molecule has 0 radical (unpaired) electrons. The normalized spacial score (nSPS) is 23.9. The van der Waals surface area contributed by atoms with Crippen LogP contribution in [-0.4, -0.2) is 37.0 Å². The van der Waals surface area contributed by atoms with E-state index in [1.165, 1.54) is 6.42 Å². The smallest absolute Gasteiger partial charge is 0.228 e. The molecule has 1 saturated carbocycles. The Morgan fingerprint density at radius 2 is 2.00 bits per heavy atom. The van der Waals surface area contributed by atoms with Crippen molar-refractivity contribution in [2.75, 3.05) is 26.2 Å². The molecule has 2 rings (SSSR count). The van der Waals surface area contributed by atoms with Crippen molar-refractivity contribution in [1.82, 2.24) is 10.2 Å². The number of halogens is 1. The van der Waals surface area contributed by atoms with E-state index < -0.39 is 0 Å². The third-order valence-corrected chi connectivity index (χ3v) is 4.07. The Morgan fingerprint density at radius 3 is 2.56 bits per heavy atom. The molecule has 0 atom stereocenters. The summed E-state index contributed by atoms with van der Waals surface area (Å²) in [5.74, 6) is 0.431. The molecule has 1 heterocycles. The molecule has 1 aliphatic heterocycles. The van der Waals surface area contributed by atoms with E-state index in [0.29, 0.717) is 5.91 Å². The Bertz CT molecular complexity index is 228. The molecular formula is C12H23ClN2O. The fraction of sp³-hybridized carbons (Fsp3) is 0.917. The zero-order chi connectivity index (χ0) is 10.7. The largest absolute Gasteiger partial charge is 0.341 e. The summed E-state index contributed by atoms with van der Waals surface area (Å²) in [6.07, 6.45) is 5.60. The second-order valence-electron chi connectivity index (χ2n) is 4.88. The Kier molecular flexibility index (Phi) is 5.06. The fourth-order valence-electron chi connectivity index (χ4n) is 2.71. The molecule has 16 heavy (non-hydrogen) atoms. The van der Waals surface area contributed by atoms with Crippen molar-refractivity contribution in [3.05, 3.63) is 0 Å². The molecule has 1 amide bonds. The molecule has 0 aromatic rings. The van der Waals surface area contributed by atoms with Crippen LogP contribution >= 0.6 is 12.4 Å². The summed E-state index contributed by atoms with van der Waals surface area (Å²) in [7, 11) is 0. The van der Waals surface area contributed by atoms with Crippen molar-refractivity contribution in [1.29, 1.82) is 0 Å². The lowest BCUT2D eigenvalue weighted by Gasteiger charge is -2.42. The highest BCUT2D eigenvalue weighted by atomic mass is 35.5. The van der Waals surface area contributed by atoms with Crippen LogP contribution in [0.25, 0.3) is 0 Å². The van der Waals surface area contributed by atoms with E-state index >= 15 is 0 Å². The molecule has 1 N–H and O–H groups in total. The first-order chi connectivity index (χ1) is 7.28. The topological polar surface area (TPSA) is 32.3 Å². The van der Waals surface area contributed by atoms with Gasteiger partial charge in [-0.2, -0.15) is 0 Å². The minimum Gasteiger partial charge on any atom is -0.341 e. The SMILES string of the molecule is CCC1(C(=O)N2CCCNCC2)CCC1.Cl. The number of hydrogen-bond donors (Lipinski definition) is 1. The van der Waals surface area contributed by atoms with Crippen LogP contribution in [0.1, 0.15) is 39.0 Å². The van der Waals surface area contributed by atoms with Crippen LogP contribution in [0.15, 0.2) is 0 Å².